The molecule has 2 aliphatic rings. The molecule has 2 N–H and O–H groups in total. The van der Waals surface area contributed by atoms with Crippen LogP contribution in [0.5, 0.6) is 0 Å². The van der Waals surface area contributed by atoms with Crippen LogP contribution in [0.4, 0.5) is 0 Å². The zero-order chi connectivity index (χ0) is 33.0. The van der Waals surface area contributed by atoms with E-state index in [1.165, 1.54) is 5.56 Å². The second kappa shape index (κ2) is 22.0. The molecule has 0 spiro atoms. The third-order valence-corrected chi connectivity index (χ3v) is 8.77. The molecule has 1 aromatic carbocycles. The van der Waals surface area contributed by atoms with Gasteiger partial charge in [0.05, 0.1) is 18.8 Å². The lowest BCUT2D eigenvalue weighted by atomic mass is 9.80. The van der Waals surface area contributed by atoms with Crippen molar-refractivity contribution >= 4 is 13.0 Å². The Bertz CT molecular complexity index is 1060. The maximum absolute atomic E-state index is 11.8. The van der Waals surface area contributed by atoms with E-state index in [1.54, 1.807) is 0 Å². The Labute approximate surface area is 275 Å². The number of unbranched alkanes of at least 4 members (excludes halogenated alkanes) is 4. The topological polar surface area (TPSA) is 129 Å². The molecule has 256 valence electrons. The molecule has 2 bridgehead atoms. The first-order valence-corrected chi connectivity index (χ1v) is 17.4. The van der Waals surface area contributed by atoms with Crippen LogP contribution in [-0.4, -0.2) is 61.0 Å². The number of aliphatic hydroxyl groups is 1. The lowest BCUT2D eigenvalue weighted by Gasteiger charge is -2.28. The van der Waals surface area contributed by atoms with Gasteiger partial charge in [0.1, 0.15) is 0 Å². The van der Waals surface area contributed by atoms with Crippen molar-refractivity contribution in [2.45, 2.75) is 128 Å². The summed E-state index contributed by atoms with van der Waals surface area (Å²) in [6.07, 6.45) is 18.7. The molecule has 2 fully saturated rings. The van der Waals surface area contributed by atoms with E-state index in [1.807, 2.05) is 25.1 Å². The molecule has 1 unspecified atom stereocenters. The number of carbonyl (C=O) groups is 1. The molecule has 1 aromatic rings. The molecule has 0 radical (unpaired) electrons. The average Bonchev–Trinajstić information content (AvgIpc) is 3.28. The molecular formula is C35H55BN2O8. The van der Waals surface area contributed by atoms with E-state index in [-0.39, 0.29) is 49.8 Å². The monoisotopic (exact) mass is 642 g/mol. The highest BCUT2D eigenvalue weighted by molar-refractivity contribution is 6.44. The van der Waals surface area contributed by atoms with Gasteiger partial charge in [0, 0.05) is 25.0 Å². The summed E-state index contributed by atoms with van der Waals surface area (Å²) in [5, 5.41) is 23.2. The van der Waals surface area contributed by atoms with Crippen molar-refractivity contribution in [1.82, 2.24) is 5.32 Å². The van der Waals surface area contributed by atoms with Crippen LogP contribution in [0, 0.1) is 22.0 Å². The van der Waals surface area contributed by atoms with Gasteiger partial charge in [-0.2, -0.15) is 0 Å². The Morgan fingerprint density at radius 2 is 1.91 bits per heavy atom. The zero-order valence-electron chi connectivity index (χ0n) is 27.8. The first-order chi connectivity index (χ1) is 22.4. The summed E-state index contributed by atoms with van der Waals surface area (Å²) >= 11 is 0. The molecule has 1 aliphatic carbocycles. The van der Waals surface area contributed by atoms with Gasteiger partial charge in [0.15, 0.2) is 6.29 Å². The minimum absolute atomic E-state index is 0.0630. The Morgan fingerprint density at radius 1 is 1.11 bits per heavy atom. The molecule has 6 atom stereocenters. The van der Waals surface area contributed by atoms with Crippen LogP contribution in [0.1, 0.15) is 96.5 Å². The highest BCUT2D eigenvalue weighted by Crippen LogP contribution is 2.44. The van der Waals surface area contributed by atoms with Gasteiger partial charge in [0.2, 0.25) is 5.91 Å². The fraction of sp³-hybridized carbons (Fsp3) is 0.686. The molecule has 0 aromatic heterocycles. The van der Waals surface area contributed by atoms with Gasteiger partial charge >= 0.3 is 7.12 Å². The Hall–Kier alpha value is -2.73. The van der Waals surface area contributed by atoms with Gasteiger partial charge in [-0.3, -0.25) is 4.79 Å². The van der Waals surface area contributed by atoms with Crippen molar-refractivity contribution < 1.29 is 33.9 Å². The normalized spacial score (nSPS) is 22.4. The fourth-order valence-corrected chi connectivity index (χ4v) is 6.35. The first kappa shape index (κ1) is 37.7. The minimum Gasteiger partial charge on any atom is -0.408 e. The molecule has 1 saturated heterocycles. The number of hydrogen-bond acceptors (Lipinski definition) is 8. The number of carbonyl (C=O) groups excluding carboxylic acids is 1. The van der Waals surface area contributed by atoms with Crippen LogP contribution in [-0.2, 0) is 30.1 Å². The number of nitrogens with zero attached hydrogens (tertiary/aromatic N) is 1. The number of hydrogen-bond donors (Lipinski definition) is 2. The standard InChI is InChI=1S/C35H55BN2O8/c1-3-5-25-36-45-32-27-33(46-36)31(30(32)18-12-6-7-13-19-34(39)37-4-2)24-23-29(22-21-28-16-10-8-11-17-28)44-35(40)20-14-9-15-26-43-38(41)42/h6,8,10-12,16-17,23-24,29-33,35,40H,3-5,7,9,13-15,18-22,25-27H2,1-2H3,(H,37,39)/b12-6-,24-23+/t29-,30+,31+,32-,33+,35?/m0/s1. The minimum atomic E-state index is -0.930. The van der Waals surface area contributed by atoms with Gasteiger partial charge in [-0.05, 0) is 82.5 Å². The smallest absolute Gasteiger partial charge is 0.408 e. The molecule has 10 nitrogen and oxygen atoms in total. The SMILES string of the molecule is CCCCB1O[C@H]2C[C@@H](O1)[C@H](/C=C/[C@H](CCc1ccccc1)OC(O)CCCCCO[N+](=O)[O-])[C@H]2C/C=C\CCCC(=O)NCC. The molecule has 46 heavy (non-hydrogen) atoms. The van der Waals surface area contributed by atoms with E-state index in [2.05, 4.69) is 53.5 Å². The van der Waals surface area contributed by atoms with Crippen LogP contribution in [0.25, 0.3) is 0 Å². The number of ether oxygens (including phenoxy) is 1. The summed E-state index contributed by atoms with van der Waals surface area (Å²) in [5.74, 6) is 0.539. The molecular weight excluding hydrogens is 587 g/mol. The largest absolute Gasteiger partial charge is 0.457 e. The van der Waals surface area contributed by atoms with Gasteiger partial charge < -0.3 is 29.3 Å². The molecule has 3 rings (SSSR count). The fourth-order valence-electron chi connectivity index (χ4n) is 6.35. The lowest BCUT2D eigenvalue weighted by molar-refractivity contribution is -0.757. The lowest BCUT2D eigenvalue weighted by Crippen LogP contribution is -2.37. The van der Waals surface area contributed by atoms with Gasteiger partial charge in [-0.15, -0.1) is 10.1 Å². The Kier molecular flexibility index (Phi) is 18.0. The van der Waals surface area contributed by atoms with Crippen LogP contribution in [0.15, 0.2) is 54.6 Å². The van der Waals surface area contributed by atoms with E-state index in [0.29, 0.717) is 38.6 Å². The maximum Gasteiger partial charge on any atom is 0.457 e. The van der Waals surface area contributed by atoms with E-state index in [4.69, 9.17) is 14.0 Å². The summed E-state index contributed by atoms with van der Waals surface area (Å²) in [7, 11) is -0.173. The van der Waals surface area contributed by atoms with Gasteiger partial charge in [0.25, 0.3) is 5.09 Å². The third kappa shape index (κ3) is 14.4. The first-order valence-electron chi connectivity index (χ1n) is 17.4. The number of fused-ring (bicyclic) bond motifs is 2. The summed E-state index contributed by atoms with van der Waals surface area (Å²) in [5.41, 5.74) is 1.21. The molecule has 11 heteroatoms. The van der Waals surface area contributed by atoms with E-state index in [9.17, 15) is 20.0 Å². The van der Waals surface area contributed by atoms with E-state index in [0.717, 1.165) is 57.7 Å². The second-order valence-electron chi connectivity index (χ2n) is 12.4. The summed E-state index contributed by atoms with van der Waals surface area (Å²) in [6.45, 7) is 4.84. The van der Waals surface area contributed by atoms with Crippen molar-refractivity contribution in [3.8, 4) is 0 Å². The highest BCUT2D eigenvalue weighted by Gasteiger charge is 2.49. The van der Waals surface area contributed by atoms with Crippen molar-refractivity contribution in [3.05, 3.63) is 70.3 Å². The number of benzene rings is 1. The van der Waals surface area contributed by atoms with Crippen molar-refractivity contribution in [1.29, 1.82) is 0 Å². The summed E-state index contributed by atoms with van der Waals surface area (Å²) < 4.78 is 19.1. The number of rotatable bonds is 24. The van der Waals surface area contributed by atoms with Gasteiger partial charge in [-0.1, -0.05) is 80.8 Å². The van der Waals surface area contributed by atoms with Crippen molar-refractivity contribution in [2.24, 2.45) is 11.8 Å². The second-order valence-corrected chi connectivity index (χ2v) is 12.4. The van der Waals surface area contributed by atoms with E-state index >= 15 is 0 Å². The third-order valence-electron chi connectivity index (χ3n) is 8.77. The zero-order valence-corrected chi connectivity index (χ0v) is 27.8. The van der Waals surface area contributed by atoms with Crippen LogP contribution in [0.3, 0.4) is 0 Å². The predicted octanol–water partition coefficient (Wildman–Crippen LogP) is 6.61. The van der Waals surface area contributed by atoms with Crippen molar-refractivity contribution in [3.63, 3.8) is 0 Å². The summed E-state index contributed by atoms with van der Waals surface area (Å²) in [6, 6.07) is 10.3. The van der Waals surface area contributed by atoms with Crippen molar-refractivity contribution in [2.75, 3.05) is 13.2 Å². The van der Waals surface area contributed by atoms with E-state index < -0.39 is 11.4 Å². The average molecular weight is 643 g/mol. The quantitative estimate of drug-likeness (QED) is 0.0322. The maximum atomic E-state index is 11.8. The van der Waals surface area contributed by atoms with Gasteiger partial charge in [-0.25, -0.2) is 0 Å². The van der Waals surface area contributed by atoms with Crippen LogP contribution >= 0.6 is 0 Å². The molecule has 1 amide bonds. The Morgan fingerprint density at radius 3 is 2.67 bits per heavy atom. The Balaban J connectivity index is 1.64. The van der Waals surface area contributed by atoms with Crippen LogP contribution < -0.4 is 5.32 Å². The number of aryl methyl sites for hydroxylation is 1. The molecule has 1 saturated carbocycles. The number of amides is 1. The molecule has 1 aliphatic heterocycles. The number of aliphatic hydroxyl groups excluding tert-OH is 1. The number of allylic oxidation sites excluding steroid dienone is 2. The highest BCUT2D eigenvalue weighted by atomic mass is 16.9. The summed E-state index contributed by atoms with van der Waals surface area (Å²) in [4.78, 5) is 26.5. The van der Waals surface area contributed by atoms with Crippen LogP contribution in [0.2, 0.25) is 6.32 Å². The number of nitrogens with one attached hydrogen (secondary N) is 1. The predicted molar refractivity (Wildman–Crippen MR) is 179 cm³/mol. The molecule has 1 heterocycles.